The second-order valence-corrected chi connectivity index (χ2v) is 7.44. The topological polar surface area (TPSA) is 200 Å². The van der Waals surface area contributed by atoms with Crippen LogP contribution in [0.1, 0.15) is 26.0 Å². The highest BCUT2D eigenvalue weighted by atomic mass is 32.1. The van der Waals surface area contributed by atoms with E-state index in [0.29, 0.717) is 12.1 Å². The molecule has 5 unspecified atom stereocenters. The summed E-state index contributed by atoms with van der Waals surface area (Å²) >= 11 is 4.02. The molecule has 5 atom stereocenters. The van der Waals surface area contributed by atoms with Gasteiger partial charge in [-0.05, 0) is 5.92 Å². The van der Waals surface area contributed by atoms with Gasteiger partial charge in [0.15, 0.2) is 0 Å². The van der Waals surface area contributed by atoms with Gasteiger partial charge < -0.3 is 36.9 Å². The van der Waals surface area contributed by atoms with E-state index >= 15 is 0 Å². The minimum atomic E-state index is -1.34. The van der Waals surface area contributed by atoms with Gasteiger partial charge in [-0.25, -0.2) is 9.78 Å². The Balaban J connectivity index is 2.74. The quantitative estimate of drug-likeness (QED) is 0.152. The zero-order chi connectivity index (χ0) is 23.6. The van der Waals surface area contributed by atoms with Crippen LogP contribution in [0, 0.1) is 5.92 Å². The average Bonchev–Trinajstić information content (AvgIpc) is 3.26. The molecular formula is C18H30N6O6S. The molecule has 0 radical (unpaired) electrons. The first-order chi connectivity index (χ1) is 14.6. The fourth-order valence-electron chi connectivity index (χ4n) is 2.53. The second-order valence-electron chi connectivity index (χ2n) is 7.08. The van der Waals surface area contributed by atoms with Crippen LogP contribution in [0.4, 0.5) is 0 Å². The lowest BCUT2D eigenvalue weighted by Gasteiger charge is -2.24. The summed E-state index contributed by atoms with van der Waals surface area (Å²) in [6.07, 6.45) is 3.41. The molecule has 31 heavy (non-hydrogen) atoms. The number of hydrogen-bond acceptors (Lipinski definition) is 8. The number of aromatic nitrogens is 2. The van der Waals surface area contributed by atoms with Crippen molar-refractivity contribution in [3.63, 3.8) is 0 Å². The van der Waals surface area contributed by atoms with Gasteiger partial charge in [-0.1, -0.05) is 20.3 Å². The molecule has 0 aliphatic rings. The first kappa shape index (κ1) is 26.4. The Morgan fingerprint density at radius 1 is 1.13 bits per heavy atom. The first-order valence-electron chi connectivity index (χ1n) is 9.72. The predicted molar refractivity (Wildman–Crippen MR) is 114 cm³/mol. The average molecular weight is 459 g/mol. The Kier molecular flexibility index (Phi) is 11.0. The predicted octanol–water partition coefficient (Wildman–Crippen LogP) is -2.21. The van der Waals surface area contributed by atoms with Gasteiger partial charge in [0, 0.05) is 24.1 Å². The third kappa shape index (κ3) is 8.19. The van der Waals surface area contributed by atoms with Crippen LogP contribution in [-0.4, -0.2) is 80.4 Å². The normalized spacial score (nSPS) is 15.8. The smallest absolute Gasteiger partial charge is 0.326 e. The molecule has 1 aromatic rings. The highest BCUT2D eigenvalue weighted by Crippen LogP contribution is 2.06. The van der Waals surface area contributed by atoms with E-state index in [9.17, 15) is 29.4 Å². The van der Waals surface area contributed by atoms with Crippen LogP contribution in [0.2, 0.25) is 0 Å². The van der Waals surface area contributed by atoms with Crippen LogP contribution in [0.5, 0.6) is 0 Å². The van der Waals surface area contributed by atoms with Crippen molar-refractivity contribution in [2.75, 3.05) is 12.4 Å². The monoisotopic (exact) mass is 458 g/mol. The molecule has 13 heteroatoms. The van der Waals surface area contributed by atoms with Crippen molar-refractivity contribution in [3.8, 4) is 0 Å². The van der Waals surface area contributed by atoms with Gasteiger partial charge in [0.2, 0.25) is 17.7 Å². The molecule has 0 fully saturated rings. The minimum Gasteiger partial charge on any atom is -0.480 e. The number of imidazole rings is 1. The molecule has 0 aliphatic heterocycles. The standard InChI is InChI=1S/C18H30N6O6S/c1-3-9(2)14(19)17(28)23-12(6-25)15(26)24-13(7-31)16(27)22-11(18(29)30)4-10-5-20-8-21-10/h5,8-9,11-14,25,31H,3-4,6-7,19H2,1-2H3,(H,20,21)(H,22,27)(H,23,28)(H,24,26)(H,29,30). The van der Waals surface area contributed by atoms with Crippen molar-refractivity contribution in [1.29, 1.82) is 0 Å². The van der Waals surface area contributed by atoms with Crippen molar-refractivity contribution >= 4 is 36.3 Å². The molecule has 0 saturated heterocycles. The van der Waals surface area contributed by atoms with Gasteiger partial charge in [-0.2, -0.15) is 12.6 Å². The van der Waals surface area contributed by atoms with E-state index in [1.807, 2.05) is 6.92 Å². The van der Waals surface area contributed by atoms with E-state index in [0.717, 1.165) is 0 Å². The van der Waals surface area contributed by atoms with E-state index in [2.05, 4.69) is 38.5 Å². The Bertz CT molecular complexity index is 746. The van der Waals surface area contributed by atoms with Crippen LogP contribution in [0.3, 0.4) is 0 Å². The molecular weight excluding hydrogens is 428 g/mol. The molecule has 12 nitrogen and oxygen atoms in total. The zero-order valence-corrected chi connectivity index (χ0v) is 18.3. The molecule has 0 saturated carbocycles. The Labute approximate surface area is 185 Å². The summed E-state index contributed by atoms with van der Waals surface area (Å²) < 4.78 is 0. The first-order valence-corrected chi connectivity index (χ1v) is 10.4. The molecule has 3 amide bonds. The summed E-state index contributed by atoms with van der Waals surface area (Å²) in [7, 11) is 0. The summed E-state index contributed by atoms with van der Waals surface area (Å²) in [5, 5.41) is 25.9. The summed E-state index contributed by atoms with van der Waals surface area (Å²) in [6.45, 7) is 2.92. The van der Waals surface area contributed by atoms with Crippen LogP contribution in [0.25, 0.3) is 0 Å². The largest absolute Gasteiger partial charge is 0.480 e. The maximum Gasteiger partial charge on any atom is 0.326 e. The number of rotatable bonds is 13. The number of nitrogens with two attached hydrogens (primary N) is 1. The number of hydrogen-bond donors (Lipinski definition) is 8. The minimum absolute atomic E-state index is 0.0445. The van der Waals surface area contributed by atoms with Gasteiger partial charge in [-0.3, -0.25) is 14.4 Å². The van der Waals surface area contributed by atoms with Crippen molar-refractivity contribution in [2.45, 2.75) is 50.9 Å². The molecule has 1 heterocycles. The van der Waals surface area contributed by atoms with Crippen molar-refractivity contribution in [3.05, 3.63) is 18.2 Å². The van der Waals surface area contributed by atoms with Gasteiger partial charge in [0.1, 0.15) is 18.1 Å². The number of nitrogens with zero attached hydrogens (tertiary/aromatic N) is 1. The molecule has 0 aromatic carbocycles. The number of thiol groups is 1. The lowest BCUT2D eigenvalue weighted by Crippen LogP contribution is -2.59. The van der Waals surface area contributed by atoms with E-state index < -0.39 is 54.5 Å². The summed E-state index contributed by atoms with van der Waals surface area (Å²) in [5.74, 6) is -3.78. The SMILES string of the molecule is CCC(C)C(N)C(=O)NC(CO)C(=O)NC(CS)C(=O)NC(Cc1cnc[nH]1)C(=O)O. The summed E-state index contributed by atoms with van der Waals surface area (Å²) in [4.78, 5) is 55.1. The van der Waals surface area contributed by atoms with Gasteiger partial charge in [0.05, 0.1) is 19.0 Å². The molecule has 1 aromatic heterocycles. The fraction of sp³-hybridized carbons (Fsp3) is 0.611. The maximum absolute atomic E-state index is 12.5. The highest BCUT2D eigenvalue weighted by Gasteiger charge is 2.30. The fourth-order valence-corrected chi connectivity index (χ4v) is 2.79. The highest BCUT2D eigenvalue weighted by molar-refractivity contribution is 7.80. The number of amides is 3. The Hall–Kier alpha value is -2.64. The van der Waals surface area contributed by atoms with Crippen LogP contribution < -0.4 is 21.7 Å². The Morgan fingerprint density at radius 3 is 2.19 bits per heavy atom. The van der Waals surface area contributed by atoms with E-state index in [4.69, 9.17) is 5.73 Å². The Morgan fingerprint density at radius 2 is 1.71 bits per heavy atom. The van der Waals surface area contributed by atoms with Gasteiger partial charge >= 0.3 is 5.97 Å². The van der Waals surface area contributed by atoms with Crippen molar-refractivity contribution in [1.82, 2.24) is 25.9 Å². The number of carboxylic acid groups (broad SMARTS) is 1. The second kappa shape index (κ2) is 12.9. The van der Waals surface area contributed by atoms with Gasteiger partial charge in [-0.15, -0.1) is 0 Å². The third-order valence-electron chi connectivity index (χ3n) is 4.78. The van der Waals surface area contributed by atoms with E-state index in [-0.39, 0.29) is 18.1 Å². The maximum atomic E-state index is 12.5. The summed E-state index contributed by atoms with van der Waals surface area (Å²) in [5.41, 5.74) is 6.32. The lowest BCUT2D eigenvalue weighted by molar-refractivity contribution is -0.142. The van der Waals surface area contributed by atoms with Crippen LogP contribution in [-0.2, 0) is 25.6 Å². The number of carboxylic acids is 1. The third-order valence-corrected chi connectivity index (χ3v) is 5.15. The number of carbonyl (C=O) groups excluding carboxylic acids is 3. The van der Waals surface area contributed by atoms with Crippen LogP contribution in [0.15, 0.2) is 12.5 Å². The van der Waals surface area contributed by atoms with E-state index in [1.54, 1.807) is 6.92 Å². The molecule has 1 rings (SSSR count). The molecule has 174 valence electrons. The van der Waals surface area contributed by atoms with Crippen LogP contribution >= 0.6 is 12.6 Å². The van der Waals surface area contributed by atoms with Crippen molar-refractivity contribution < 1.29 is 29.4 Å². The summed E-state index contributed by atoms with van der Waals surface area (Å²) in [6, 6.07) is -4.67. The molecule has 0 spiro atoms. The van der Waals surface area contributed by atoms with Gasteiger partial charge in [0.25, 0.3) is 0 Å². The van der Waals surface area contributed by atoms with Crippen molar-refractivity contribution in [2.24, 2.45) is 11.7 Å². The molecule has 0 aliphatic carbocycles. The number of aliphatic hydroxyl groups is 1. The van der Waals surface area contributed by atoms with E-state index in [1.165, 1.54) is 12.5 Å². The number of aliphatic carboxylic acids is 1. The lowest BCUT2D eigenvalue weighted by atomic mass is 9.99. The number of aliphatic hydroxyl groups excluding tert-OH is 1. The number of nitrogens with one attached hydrogen (secondary N) is 4. The molecule has 0 bridgehead atoms. The molecule has 8 N–H and O–H groups in total. The number of H-pyrrole nitrogens is 1. The zero-order valence-electron chi connectivity index (χ0n) is 17.4. The number of carbonyl (C=O) groups is 4. The number of aromatic amines is 1.